The number of carbonyl (C=O) groups is 1. The quantitative estimate of drug-likeness (QED) is 0.877. The number of rotatable bonds is 5. The largest absolute Gasteiger partial charge is 0.573 e. The van der Waals surface area contributed by atoms with Gasteiger partial charge in [0.1, 0.15) is 0 Å². The minimum absolute atomic E-state index is 0.0856. The summed E-state index contributed by atoms with van der Waals surface area (Å²) in [5.41, 5.74) is -0.0856. The van der Waals surface area contributed by atoms with Crippen LogP contribution in [0.5, 0.6) is 5.75 Å². The lowest BCUT2D eigenvalue weighted by molar-refractivity contribution is -0.274. The average molecular weight is 318 g/mol. The molecule has 1 atom stereocenters. The number of aliphatic hydroxyl groups excluding tert-OH is 1. The van der Waals surface area contributed by atoms with Crippen LogP contribution in [0.2, 0.25) is 0 Å². The molecule has 0 radical (unpaired) electrons. The van der Waals surface area contributed by atoms with Crippen LogP contribution in [-0.4, -0.2) is 42.1 Å². The van der Waals surface area contributed by atoms with Gasteiger partial charge < -0.3 is 20.1 Å². The zero-order valence-corrected chi connectivity index (χ0v) is 11.9. The summed E-state index contributed by atoms with van der Waals surface area (Å²) in [5.74, 6) is -0.282. The number of aliphatic hydroxyl groups is 1. The summed E-state index contributed by atoms with van der Waals surface area (Å²) >= 11 is 0. The van der Waals surface area contributed by atoms with Crippen molar-refractivity contribution < 1.29 is 27.8 Å². The van der Waals surface area contributed by atoms with E-state index >= 15 is 0 Å². The first-order valence-electron chi connectivity index (χ1n) is 6.81. The maximum absolute atomic E-state index is 12.3. The normalized spacial score (nSPS) is 16.0. The van der Waals surface area contributed by atoms with Gasteiger partial charge in [0.2, 0.25) is 0 Å². The fraction of sp³-hybridized carbons (Fsp3) is 0.500. The van der Waals surface area contributed by atoms with Crippen LogP contribution in [0.3, 0.4) is 0 Å². The van der Waals surface area contributed by atoms with E-state index in [4.69, 9.17) is 0 Å². The maximum atomic E-state index is 12.3. The Hall–Kier alpha value is -1.96. The Morgan fingerprint density at radius 2 is 2.09 bits per heavy atom. The van der Waals surface area contributed by atoms with Crippen molar-refractivity contribution in [2.24, 2.45) is 5.92 Å². The molecule has 1 aromatic rings. The standard InChI is InChI=1S/C14H17F3N2O3/c1-19(8-11(20)9-6-7-9)13(21)18-10-4-2-3-5-12(10)22-14(15,16)17/h2-5,9,11,20H,6-8H2,1H3,(H,18,21). The van der Waals surface area contributed by atoms with Gasteiger partial charge in [-0.05, 0) is 30.9 Å². The monoisotopic (exact) mass is 318 g/mol. The summed E-state index contributed by atoms with van der Waals surface area (Å²) in [5, 5.41) is 12.1. The van der Waals surface area contributed by atoms with Crippen LogP contribution in [0.1, 0.15) is 12.8 Å². The minimum Gasteiger partial charge on any atom is -0.404 e. The lowest BCUT2D eigenvalue weighted by Gasteiger charge is -2.22. The fourth-order valence-electron chi connectivity index (χ4n) is 1.99. The van der Waals surface area contributed by atoms with E-state index in [2.05, 4.69) is 10.1 Å². The van der Waals surface area contributed by atoms with Gasteiger partial charge in [-0.25, -0.2) is 4.79 Å². The Morgan fingerprint density at radius 3 is 2.68 bits per heavy atom. The summed E-state index contributed by atoms with van der Waals surface area (Å²) < 4.78 is 40.8. The van der Waals surface area contributed by atoms with E-state index in [1.165, 1.54) is 30.1 Å². The van der Waals surface area contributed by atoms with Gasteiger partial charge in [0.15, 0.2) is 5.75 Å². The number of likely N-dealkylation sites (N-methyl/N-ethyl adjacent to an activating group) is 1. The van der Waals surface area contributed by atoms with Gasteiger partial charge in [-0.3, -0.25) is 0 Å². The molecule has 0 aromatic heterocycles. The van der Waals surface area contributed by atoms with E-state index in [0.717, 1.165) is 18.9 Å². The SMILES string of the molecule is CN(CC(O)C1CC1)C(=O)Nc1ccccc1OC(F)(F)F. The van der Waals surface area contributed by atoms with Crippen LogP contribution in [0.25, 0.3) is 0 Å². The van der Waals surface area contributed by atoms with Gasteiger partial charge >= 0.3 is 12.4 Å². The number of nitrogens with one attached hydrogen (secondary N) is 1. The lowest BCUT2D eigenvalue weighted by atomic mass is 10.2. The molecule has 1 fully saturated rings. The number of para-hydroxylation sites is 2. The van der Waals surface area contributed by atoms with Gasteiger partial charge in [0.05, 0.1) is 11.8 Å². The highest BCUT2D eigenvalue weighted by Gasteiger charge is 2.33. The van der Waals surface area contributed by atoms with Crippen molar-refractivity contribution in [3.63, 3.8) is 0 Å². The van der Waals surface area contributed by atoms with E-state index in [1.54, 1.807) is 0 Å². The van der Waals surface area contributed by atoms with Crippen molar-refractivity contribution in [2.75, 3.05) is 18.9 Å². The molecular formula is C14H17F3N2O3. The van der Waals surface area contributed by atoms with Crippen LogP contribution in [0.15, 0.2) is 24.3 Å². The predicted molar refractivity (Wildman–Crippen MR) is 73.5 cm³/mol. The number of hydrogen-bond acceptors (Lipinski definition) is 3. The van der Waals surface area contributed by atoms with E-state index in [-0.39, 0.29) is 18.2 Å². The first kappa shape index (κ1) is 16.4. The van der Waals surface area contributed by atoms with Crippen molar-refractivity contribution in [3.05, 3.63) is 24.3 Å². The molecule has 1 saturated carbocycles. The zero-order valence-electron chi connectivity index (χ0n) is 11.9. The molecule has 122 valence electrons. The van der Waals surface area contributed by atoms with Gasteiger partial charge in [-0.15, -0.1) is 13.2 Å². The Labute approximate surface area is 125 Å². The van der Waals surface area contributed by atoms with Gasteiger partial charge in [-0.2, -0.15) is 0 Å². The molecule has 8 heteroatoms. The molecule has 0 aliphatic heterocycles. The van der Waals surface area contributed by atoms with E-state index in [9.17, 15) is 23.1 Å². The number of ether oxygens (including phenoxy) is 1. The van der Waals surface area contributed by atoms with Crippen LogP contribution in [0, 0.1) is 5.92 Å². The fourth-order valence-corrected chi connectivity index (χ4v) is 1.99. The minimum atomic E-state index is -4.84. The molecule has 0 bridgehead atoms. The van der Waals surface area contributed by atoms with Crippen molar-refractivity contribution in [1.29, 1.82) is 0 Å². The molecule has 2 amide bonds. The molecular weight excluding hydrogens is 301 g/mol. The van der Waals surface area contributed by atoms with E-state index in [0.29, 0.717) is 0 Å². The summed E-state index contributed by atoms with van der Waals surface area (Å²) in [6.45, 7) is 0.124. The van der Waals surface area contributed by atoms with Crippen molar-refractivity contribution in [2.45, 2.75) is 25.3 Å². The Morgan fingerprint density at radius 1 is 1.45 bits per heavy atom. The molecule has 1 aromatic carbocycles. The molecule has 1 aliphatic carbocycles. The van der Waals surface area contributed by atoms with E-state index in [1.807, 2.05) is 0 Å². The predicted octanol–water partition coefficient (Wildman–Crippen LogP) is 2.82. The molecule has 0 heterocycles. The van der Waals surface area contributed by atoms with E-state index < -0.39 is 24.2 Å². The maximum Gasteiger partial charge on any atom is 0.573 e. The summed E-state index contributed by atoms with van der Waals surface area (Å²) in [6.07, 6.45) is -3.59. The number of amides is 2. The molecule has 2 N–H and O–H groups in total. The number of anilines is 1. The van der Waals surface area contributed by atoms with Crippen molar-refractivity contribution >= 4 is 11.7 Å². The number of alkyl halides is 3. The number of carbonyl (C=O) groups excluding carboxylic acids is 1. The van der Waals surface area contributed by atoms with Crippen LogP contribution in [0.4, 0.5) is 23.7 Å². The second-order valence-electron chi connectivity index (χ2n) is 5.26. The highest BCUT2D eigenvalue weighted by Crippen LogP contribution is 2.33. The van der Waals surface area contributed by atoms with Gasteiger partial charge in [0, 0.05) is 13.6 Å². The molecule has 2 rings (SSSR count). The Kier molecular flexibility index (Phi) is 4.80. The Balaban J connectivity index is 1.98. The number of benzene rings is 1. The summed E-state index contributed by atoms with van der Waals surface area (Å²) in [4.78, 5) is 13.2. The Bertz CT molecular complexity index is 532. The first-order chi connectivity index (χ1) is 10.3. The molecule has 5 nitrogen and oxygen atoms in total. The average Bonchev–Trinajstić information content (AvgIpc) is 3.23. The highest BCUT2D eigenvalue weighted by molar-refractivity contribution is 5.90. The van der Waals surface area contributed by atoms with Crippen molar-refractivity contribution in [1.82, 2.24) is 4.90 Å². The van der Waals surface area contributed by atoms with Crippen LogP contribution in [-0.2, 0) is 0 Å². The molecule has 1 unspecified atom stereocenters. The second kappa shape index (κ2) is 6.43. The topological polar surface area (TPSA) is 61.8 Å². The summed E-state index contributed by atoms with van der Waals surface area (Å²) in [7, 11) is 1.47. The van der Waals surface area contributed by atoms with Crippen LogP contribution < -0.4 is 10.1 Å². The number of nitrogens with zero attached hydrogens (tertiary/aromatic N) is 1. The number of halogens is 3. The first-order valence-corrected chi connectivity index (χ1v) is 6.81. The highest BCUT2D eigenvalue weighted by atomic mass is 19.4. The third kappa shape index (κ3) is 4.80. The number of hydrogen-bond donors (Lipinski definition) is 2. The van der Waals surface area contributed by atoms with Crippen LogP contribution >= 0.6 is 0 Å². The molecule has 0 spiro atoms. The van der Waals surface area contributed by atoms with Gasteiger partial charge in [-0.1, -0.05) is 12.1 Å². The molecule has 22 heavy (non-hydrogen) atoms. The zero-order chi connectivity index (χ0) is 16.3. The lowest BCUT2D eigenvalue weighted by Crippen LogP contribution is -2.38. The van der Waals surface area contributed by atoms with Gasteiger partial charge in [0.25, 0.3) is 0 Å². The third-order valence-electron chi connectivity index (χ3n) is 3.33. The number of urea groups is 1. The summed E-state index contributed by atoms with van der Waals surface area (Å²) in [6, 6.07) is 4.67. The second-order valence-corrected chi connectivity index (χ2v) is 5.26. The molecule has 0 saturated heterocycles. The molecule has 1 aliphatic rings. The smallest absolute Gasteiger partial charge is 0.404 e. The third-order valence-corrected chi connectivity index (χ3v) is 3.33. The van der Waals surface area contributed by atoms with Crippen molar-refractivity contribution in [3.8, 4) is 5.75 Å².